The summed E-state index contributed by atoms with van der Waals surface area (Å²) in [5.74, 6) is -0.325. The number of ether oxygens (including phenoxy) is 1. The summed E-state index contributed by atoms with van der Waals surface area (Å²) in [4.78, 5) is 18.3. The minimum atomic E-state index is -4.56. The number of halogens is 3. The van der Waals surface area contributed by atoms with E-state index in [9.17, 15) is 23.1 Å². The summed E-state index contributed by atoms with van der Waals surface area (Å²) in [5.41, 5.74) is -0.863. The highest BCUT2D eigenvalue weighted by molar-refractivity contribution is 5.69. The molecule has 0 bridgehead atoms. The monoisotopic (exact) mass is 453 g/mol. The first-order valence-corrected chi connectivity index (χ1v) is 10.2. The molecule has 32 heavy (non-hydrogen) atoms. The molecule has 0 unspecified atom stereocenters. The maximum absolute atomic E-state index is 12.8. The van der Waals surface area contributed by atoms with Crippen molar-refractivity contribution in [2.24, 2.45) is 0 Å². The molecule has 0 aliphatic carbocycles. The number of hydrogen-bond donors (Lipinski definition) is 2. The van der Waals surface area contributed by atoms with Gasteiger partial charge in [-0.1, -0.05) is 0 Å². The SMILES string of the molecule is Cc1nc(N[C@@H]2CCCN(C(=O)OC(C)(C)C)C2)nnc1-c1ccc(C(F)(F)F)cc1O. The molecule has 2 heterocycles. The fourth-order valence-electron chi connectivity index (χ4n) is 3.39. The van der Waals surface area contributed by atoms with Crippen LogP contribution in [0.5, 0.6) is 5.75 Å². The molecule has 174 valence electrons. The number of aromatic hydroxyl groups is 1. The second kappa shape index (κ2) is 8.79. The number of phenolic OH excluding ortho intramolecular Hbond substituents is 1. The van der Waals surface area contributed by atoms with Crippen LogP contribution in [-0.4, -0.2) is 56.0 Å². The average molecular weight is 453 g/mol. The molecule has 1 aliphatic heterocycles. The maximum Gasteiger partial charge on any atom is 0.416 e. The molecule has 1 saturated heterocycles. The van der Waals surface area contributed by atoms with Crippen molar-refractivity contribution in [2.45, 2.75) is 58.4 Å². The van der Waals surface area contributed by atoms with Crippen LogP contribution in [-0.2, 0) is 10.9 Å². The third-order valence-corrected chi connectivity index (χ3v) is 4.85. The number of phenols is 1. The van der Waals surface area contributed by atoms with E-state index in [1.165, 1.54) is 0 Å². The Morgan fingerprint density at radius 1 is 1.25 bits per heavy atom. The summed E-state index contributed by atoms with van der Waals surface area (Å²) < 4.78 is 43.9. The first-order valence-electron chi connectivity index (χ1n) is 10.2. The van der Waals surface area contributed by atoms with Gasteiger partial charge in [0.05, 0.1) is 11.3 Å². The van der Waals surface area contributed by atoms with Gasteiger partial charge in [0.1, 0.15) is 17.0 Å². The Labute approximate surface area is 183 Å². The third kappa shape index (κ3) is 5.77. The first kappa shape index (κ1) is 23.6. The highest BCUT2D eigenvalue weighted by atomic mass is 19.4. The van der Waals surface area contributed by atoms with E-state index in [-0.39, 0.29) is 29.3 Å². The first-order chi connectivity index (χ1) is 14.8. The van der Waals surface area contributed by atoms with Crippen LogP contribution < -0.4 is 5.32 Å². The van der Waals surface area contributed by atoms with Crippen LogP contribution in [0.1, 0.15) is 44.9 Å². The fraction of sp³-hybridized carbons (Fsp3) is 0.524. The zero-order chi connectivity index (χ0) is 23.7. The molecular formula is C21H26F3N5O3. The Morgan fingerprint density at radius 2 is 1.97 bits per heavy atom. The average Bonchev–Trinajstić information content (AvgIpc) is 2.67. The summed E-state index contributed by atoms with van der Waals surface area (Å²) in [7, 11) is 0. The lowest BCUT2D eigenvalue weighted by Crippen LogP contribution is -2.47. The lowest BCUT2D eigenvalue weighted by molar-refractivity contribution is -0.137. The molecule has 0 saturated carbocycles. The summed E-state index contributed by atoms with van der Waals surface area (Å²) in [6, 6.07) is 2.55. The van der Waals surface area contributed by atoms with Gasteiger partial charge in [0, 0.05) is 24.7 Å². The van der Waals surface area contributed by atoms with Crippen LogP contribution in [0.4, 0.5) is 23.9 Å². The molecular weight excluding hydrogens is 427 g/mol. The van der Waals surface area contributed by atoms with Gasteiger partial charge in [0.25, 0.3) is 0 Å². The van der Waals surface area contributed by atoms with E-state index in [0.29, 0.717) is 24.8 Å². The molecule has 3 rings (SSSR count). The van der Waals surface area contributed by atoms with Crippen LogP contribution >= 0.6 is 0 Å². The number of carbonyl (C=O) groups excluding carboxylic acids is 1. The van der Waals surface area contributed by atoms with Gasteiger partial charge in [-0.3, -0.25) is 0 Å². The van der Waals surface area contributed by atoms with Crippen molar-refractivity contribution < 1.29 is 27.8 Å². The molecule has 1 fully saturated rings. The van der Waals surface area contributed by atoms with Crippen LogP contribution in [0.25, 0.3) is 11.3 Å². The summed E-state index contributed by atoms with van der Waals surface area (Å²) >= 11 is 0. The number of anilines is 1. The lowest BCUT2D eigenvalue weighted by Gasteiger charge is -2.34. The molecule has 1 aromatic heterocycles. The van der Waals surface area contributed by atoms with Gasteiger partial charge in [0.2, 0.25) is 5.95 Å². The van der Waals surface area contributed by atoms with E-state index >= 15 is 0 Å². The fourth-order valence-corrected chi connectivity index (χ4v) is 3.39. The molecule has 1 aliphatic rings. The number of piperidine rings is 1. The Balaban J connectivity index is 1.71. The number of hydrogen-bond acceptors (Lipinski definition) is 7. The van der Waals surface area contributed by atoms with Crippen molar-refractivity contribution in [3.05, 3.63) is 29.5 Å². The van der Waals surface area contributed by atoms with Crippen molar-refractivity contribution in [1.82, 2.24) is 20.1 Å². The third-order valence-electron chi connectivity index (χ3n) is 4.85. The minimum Gasteiger partial charge on any atom is -0.507 e. The van der Waals surface area contributed by atoms with Crippen molar-refractivity contribution in [1.29, 1.82) is 0 Å². The second-order valence-electron chi connectivity index (χ2n) is 8.71. The number of amides is 1. The zero-order valence-corrected chi connectivity index (χ0v) is 18.3. The Hall–Kier alpha value is -3.11. The van der Waals surface area contributed by atoms with E-state index < -0.39 is 23.1 Å². The normalized spacial score (nSPS) is 17.2. The van der Waals surface area contributed by atoms with Gasteiger partial charge < -0.3 is 20.1 Å². The van der Waals surface area contributed by atoms with E-state index in [2.05, 4.69) is 20.5 Å². The number of alkyl halides is 3. The van der Waals surface area contributed by atoms with E-state index in [4.69, 9.17) is 4.74 Å². The van der Waals surface area contributed by atoms with Crippen molar-refractivity contribution in [2.75, 3.05) is 18.4 Å². The zero-order valence-electron chi connectivity index (χ0n) is 18.3. The highest BCUT2D eigenvalue weighted by Gasteiger charge is 2.32. The molecule has 1 amide bonds. The molecule has 2 aromatic rings. The molecule has 11 heteroatoms. The van der Waals surface area contributed by atoms with Gasteiger partial charge >= 0.3 is 12.3 Å². The number of carbonyl (C=O) groups is 1. The van der Waals surface area contributed by atoms with E-state index in [1.807, 2.05) is 20.8 Å². The smallest absolute Gasteiger partial charge is 0.416 e. The Kier molecular flexibility index (Phi) is 6.47. The highest BCUT2D eigenvalue weighted by Crippen LogP contribution is 2.36. The quantitative estimate of drug-likeness (QED) is 0.711. The lowest BCUT2D eigenvalue weighted by atomic mass is 10.1. The standard InChI is InChI=1S/C21H26F3N5O3/c1-12-17(15-8-7-13(10-16(15)30)21(22,23)24)27-28-18(25-12)26-14-6-5-9-29(11-14)19(31)32-20(2,3)4/h7-8,10,14,30H,5-6,9,11H2,1-4H3,(H,25,26,28)/t14-/m1/s1. The Bertz CT molecular complexity index is 992. The van der Waals surface area contributed by atoms with Crippen LogP contribution in [0, 0.1) is 6.92 Å². The number of aryl methyl sites for hydroxylation is 1. The number of nitrogens with one attached hydrogen (secondary N) is 1. The van der Waals surface area contributed by atoms with Crippen molar-refractivity contribution in [3.8, 4) is 17.0 Å². The number of likely N-dealkylation sites (tertiary alicyclic amines) is 1. The van der Waals surface area contributed by atoms with E-state index in [0.717, 1.165) is 25.0 Å². The minimum absolute atomic E-state index is 0.107. The van der Waals surface area contributed by atoms with Gasteiger partial charge in [-0.25, -0.2) is 9.78 Å². The van der Waals surface area contributed by atoms with Crippen LogP contribution in [0.2, 0.25) is 0 Å². The number of nitrogens with zero attached hydrogens (tertiary/aromatic N) is 4. The van der Waals surface area contributed by atoms with Gasteiger partial charge in [-0.15, -0.1) is 10.2 Å². The Morgan fingerprint density at radius 3 is 2.56 bits per heavy atom. The van der Waals surface area contributed by atoms with Gasteiger partial charge in [-0.05, 0) is 58.7 Å². The van der Waals surface area contributed by atoms with Crippen LogP contribution in [0.3, 0.4) is 0 Å². The molecule has 8 nitrogen and oxygen atoms in total. The molecule has 1 atom stereocenters. The van der Waals surface area contributed by atoms with E-state index in [1.54, 1.807) is 11.8 Å². The summed E-state index contributed by atoms with van der Waals surface area (Å²) in [5, 5.41) is 21.3. The van der Waals surface area contributed by atoms with Crippen molar-refractivity contribution >= 4 is 12.0 Å². The number of rotatable bonds is 3. The van der Waals surface area contributed by atoms with Gasteiger partial charge in [0.15, 0.2) is 0 Å². The second-order valence-corrected chi connectivity index (χ2v) is 8.71. The molecule has 1 aromatic carbocycles. The summed E-state index contributed by atoms with van der Waals surface area (Å²) in [6.07, 6.45) is -3.37. The predicted octanol–water partition coefficient (Wildman–Crippen LogP) is 4.38. The summed E-state index contributed by atoms with van der Waals surface area (Å²) in [6.45, 7) is 8.06. The molecule has 2 N–H and O–H groups in total. The number of benzene rings is 1. The molecule has 0 spiro atoms. The molecule has 0 radical (unpaired) electrons. The van der Waals surface area contributed by atoms with Gasteiger partial charge in [-0.2, -0.15) is 13.2 Å². The largest absolute Gasteiger partial charge is 0.507 e. The topological polar surface area (TPSA) is 100 Å². The maximum atomic E-state index is 12.8. The van der Waals surface area contributed by atoms with Crippen LogP contribution in [0.15, 0.2) is 18.2 Å². The predicted molar refractivity (Wildman–Crippen MR) is 111 cm³/mol. The number of aromatic nitrogens is 3. The van der Waals surface area contributed by atoms with Crippen molar-refractivity contribution in [3.63, 3.8) is 0 Å².